The molecular formula is C20H24O12Sn2. The van der Waals surface area contributed by atoms with Crippen LogP contribution in [0.1, 0.15) is 39.5 Å². The Balaban J connectivity index is 0.000000240. The van der Waals surface area contributed by atoms with Crippen LogP contribution in [0.3, 0.4) is 0 Å². The standard InChI is InChI=1S/3C4H4O4.2C4H9.2Sn/c3*5-3(6)1-2-4(7)8;2*1-3-4-2;;/h3*1-2H,(H,5,6)(H,7,8);2*1,3-4H2,2H3;;/q;;;;;+2;+4/p-6. The second-order valence-corrected chi connectivity index (χ2v) is 21.5. The molecule has 0 N–H and O–H groups in total. The van der Waals surface area contributed by atoms with Gasteiger partial charge in [-0.05, 0) is 0 Å². The summed E-state index contributed by atoms with van der Waals surface area (Å²) in [6, 6.07) is 0. The third-order valence-electron chi connectivity index (χ3n) is 4.36. The van der Waals surface area contributed by atoms with E-state index in [4.69, 9.17) is 6.15 Å². The van der Waals surface area contributed by atoms with Gasteiger partial charge in [-0.3, -0.25) is 0 Å². The van der Waals surface area contributed by atoms with Gasteiger partial charge in [-0.25, -0.2) is 0 Å². The molecule has 0 unspecified atom stereocenters. The van der Waals surface area contributed by atoms with Crippen molar-refractivity contribution in [2.24, 2.45) is 0 Å². The monoisotopic (exact) mass is 696 g/mol. The summed E-state index contributed by atoms with van der Waals surface area (Å²) in [5.41, 5.74) is 0. The zero-order chi connectivity index (χ0) is 25.2. The predicted octanol–water partition coefficient (Wildman–Crippen LogP) is 1.42. The maximum absolute atomic E-state index is 11.5. The Morgan fingerprint density at radius 1 is 0.500 bits per heavy atom. The Labute approximate surface area is 206 Å². The molecule has 0 radical (unpaired) electrons. The topological polar surface area (TPSA) is 158 Å². The first kappa shape index (κ1) is 27.9. The third-order valence-corrected chi connectivity index (χ3v) is 19.2. The molecule has 0 aromatic rings. The van der Waals surface area contributed by atoms with E-state index in [0.717, 1.165) is 58.9 Å². The van der Waals surface area contributed by atoms with Crippen LogP contribution in [0.25, 0.3) is 0 Å². The van der Waals surface area contributed by atoms with Gasteiger partial charge in [0, 0.05) is 0 Å². The summed E-state index contributed by atoms with van der Waals surface area (Å²) in [4.78, 5) is 67.5. The van der Waals surface area contributed by atoms with Gasteiger partial charge in [-0.2, -0.15) is 0 Å². The van der Waals surface area contributed by atoms with Crippen LogP contribution in [0.2, 0.25) is 8.87 Å². The van der Waals surface area contributed by atoms with Gasteiger partial charge in [-0.15, -0.1) is 0 Å². The van der Waals surface area contributed by atoms with Gasteiger partial charge in [0.1, 0.15) is 0 Å². The van der Waals surface area contributed by atoms with E-state index >= 15 is 0 Å². The van der Waals surface area contributed by atoms with Crippen molar-refractivity contribution < 1.29 is 47.2 Å². The number of carbonyl (C=O) groups is 6. The number of rotatable bonds is 6. The molecule has 0 saturated heterocycles. The summed E-state index contributed by atoms with van der Waals surface area (Å²) >= 11 is -8.77. The average molecular weight is 694 g/mol. The summed E-state index contributed by atoms with van der Waals surface area (Å²) in [6.07, 6.45) is 9.46. The Kier molecular flexibility index (Phi) is 10.6. The SMILES string of the molecule is CCC[CH2][Sn]1([CH2]CCC)[O]C(=O)C=CC(=O)[O]1.O=C1C=CC(=O)[O][Sn]2([O]1)[O]C(=O)C=CC(=O)[O]2. The fourth-order valence-electron chi connectivity index (χ4n) is 2.84. The molecule has 0 bridgehead atoms. The van der Waals surface area contributed by atoms with Crippen LogP contribution < -0.4 is 0 Å². The molecular weight excluding hydrogens is 670 g/mol. The number of hydrogen-bond acceptors (Lipinski definition) is 12. The minimum atomic E-state index is -5.28. The van der Waals surface area contributed by atoms with Gasteiger partial charge >= 0.3 is 207 Å². The average Bonchev–Trinajstić information content (AvgIpc) is 3.07. The third kappa shape index (κ3) is 8.77. The van der Waals surface area contributed by atoms with Gasteiger partial charge in [0.2, 0.25) is 0 Å². The van der Waals surface area contributed by atoms with Crippen molar-refractivity contribution >= 4 is 75.1 Å². The van der Waals surface area contributed by atoms with Crippen LogP contribution in [-0.2, 0) is 47.2 Å². The zero-order valence-corrected chi connectivity index (χ0v) is 24.3. The molecule has 184 valence electrons. The maximum atomic E-state index is 11.5. The first-order valence-corrected chi connectivity index (χ1v) is 21.6. The first-order chi connectivity index (χ1) is 16.1. The van der Waals surface area contributed by atoms with Gasteiger partial charge in [0.05, 0.1) is 0 Å². The van der Waals surface area contributed by atoms with Gasteiger partial charge in [0.15, 0.2) is 0 Å². The van der Waals surface area contributed by atoms with E-state index in [9.17, 15) is 28.8 Å². The summed E-state index contributed by atoms with van der Waals surface area (Å²) in [5, 5.41) is 0. The summed E-state index contributed by atoms with van der Waals surface area (Å²) < 4.78 is 31.2. The molecule has 3 rings (SSSR count). The molecule has 3 aliphatic rings. The Morgan fingerprint density at radius 3 is 1.03 bits per heavy atom. The molecule has 12 nitrogen and oxygen atoms in total. The van der Waals surface area contributed by atoms with Crippen molar-refractivity contribution in [1.82, 2.24) is 0 Å². The Hall–Kier alpha value is -2.36. The fourth-order valence-corrected chi connectivity index (χ4v) is 16.7. The van der Waals surface area contributed by atoms with E-state index < -0.39 is 75.1 Å². The second kappa shape index (κ2) is 12.9. The Morgan fingerprint density at radius 2 is 0.765 bits per heavy atom. The predicted molar refractivity (Wildman–Crippen MR) is 115 cm³/mol. The number of carbonyl (C=O) groups excluding carboxylic acids is 6. The number of hydrogen-bond donors (Lipinski definition) is 0. The molecule has 34 heavy (non-hydrogen) atoms. The van der Waals surface area contributed by atoms with Crippen molar-refractivity contribution in [3.8, 4) is 0 Å². The van der Waals surface area contributed by atoms with E-state index in [2.05, 4.69) is 26.1 Å². The molecule has 0 aromatic heterocycles. The van der Waals surface area contributed by atoms with Crippen molar-refractivity contribution in [3.63, 3.8) is 0 Å². The van der Waals surface area contributed by atoms with Crippen LogP contribution in [0.15, 0.2) is 36.5 Å². The molecule has 0 aromatic carbocycles. The van der Waals surface area contributed by atoms with Crippen LogP contribution >= 0.6 is 0 Å². The van der Waals surface area contributed by atoms with Crippen molar-refractivity contribution in [3.05, 3.63) is 36.5 Å². The van der Waals surface area contributed by atoms with E-state index in [1.54, 1.807) is 0 Å². The minimum absolute atomic E-state index is 0.404. The van der Waals surface area contributed by atoms with Crippen LogP contribution in [-0.4, -0.2) is 75.1 Å². The normalized spacial score (nSPS) is 20.3. The second-order valence-electron chi connectivity index (χ2n) is 7.14. The van der Waals surface area contributed by atoms with Crippen molar-refractivity contribution in [2.75, 3.05) is 0 Å². The molecule has 0 amide bonds. The molecule has 3 aliphatic heterocycles. The van der Waals surface area contributed by atoms with Gasteiger partial charge in [-0.1, -0.05) is 0 Å². The van der Waals surface area contributed by atoms with Crippen molar-refractivity contribution in [2.45, 2.75) is 48.4 Å². The van der Waals surface area contributed by atoms with Crippen LogP contribution in [0.4, 0.5) is 0 Å². The van der Waals surface area contributed by atoms with E-state index in [1.807, 2.05) is 0 Å². The van der Waals surface area contributed by atoms with Gasteiger partial charge in [0.25, 0.3) is 0 Å². The summed E-state index contributed by atoms with van der Waals surface area (Å²) in [7, 11) is 0. The molecule has 0 atom stereocenters. The fraction of sp³-hybridized carbons (Fsp3) is 0.400. The summed E-state index contributed by atoms with van der Waals surface area (Å²) in [5.74, 6) is -4.72. The van der Waals surface area contributed by atoms with Gasteiger partial charge < -0.3 is 0 Å². The quantitative estimate of drug-likeness (QED) is 0.369. The van der Waals surface area contributed by atoms with E-state index in [1.165, 1.54) is 12.2 Å². The molecule has 0 fully saturated rings. The molecule has 1 spiro atoms. The number of unbranched alkanes of at least 4 members (excludes halogenated alkanes) is 2. The molecule has 0 aliphatic carbocycles. The first-order valence-electron chi connectivity index (χ1n) is 10.5. The molecule has 3 heterocycles. The Bertz CT molecular complexity index is 818. The van der Waals surface area contributed by atoms with Crippen LogP contribution in [0.5, 0.6) is 0 Å². The summed E-state index contributed by atoms with van der Waals surface area (Å²) in [6.45, 7) is 4.16. The van der Waals surface area contributed by atoms with Crippen molar-refractivity contribution in [1.29, 1.82) is 0 Å². The molecule has 0 saturated carbocycles. The zero-order valence-electron chi connectivity index (χ0n) is 18.6. The van der Waals surface area contributed by atoms with Crippen LogP contribution in [0, 0.1) is 0 Å². The van der Waals surface area contributed by atoms with E-state index in [0.29, 0.717) is 0 Å². The van der Waals surface area contributed by atoms with E-state index in [-0.39, 0.29) is 0 Å². The molecule has 14 heteroatoms.